The van der Waals surface area contributed by atoms with Crippen LogP contribution < -0.4 is 0 Å². The molecule has 0 fully saturated rings. The van der Waals surface area contributed by atoms with Crippen molar-refractivity contribution in [2.75, 3.05) is 0 Å². The van der Waals surface area contributed by atoms with Gasteiger partial charge >= 0.3 is 5.97 Å². The van der Waals surface area contributed by atoms with Gasteiger partial charge in [0.15, 0.2) is 0 Å². The number of H-pyrrole nitrogens is 1. The lowest BCUT2D eigenvalue weighted by atomic mass is 10.1. The van der Waals surface area contributed by atoms with Crippen molar-refractivity contribution in [3.8, 4) is 5.75 Å². The Labute approximate surface area is 150 Å². The fourth-order valence-corrected chi connectivity index (χ4v) is 2.67. The third-order valence-electron chi connectivity index (χ3n) is 3.44. The van der Waals surface area contributed by atoms with Gasteiger partial charge in [0.25, 0.3) is 0 Å². The molecule has 0 aliphatic heterocycles. The van der Waals surface area contributed by atoms with E-state index >= 15 is 0 Å². The quantitative estimate of drug-likeness (QED) is 0.487. The number of aromatic hydroxyl groups is 1. The number of hydrogen-bond acceptors (Lipinski definition) is 2. The van der Waals surface area contributed by atoms with Crippen LogP contribution in [0.15, 0.2) is 22.8 Å². The predicted molar refractivity (Wildman–Crippen MR) is 98.3 cm³/mol. The number of aromatic amines is 1. The highest BCUT2D eigenvalue weighted by molar-refractivity contribution is 9.10. The van der Waals surface area contributed by atoms with E-state index in [9.17, 15) is 9.90 Å². The number of rotatable bonds is 7. The minimum atomic E-state index is -0.666. The second-order valence-corrected chi connectivity index (χ2v) is 6.66. The Morgan fingerprint density at radius 2 is 1.87 bits per heavy atom. The average molecular weight is 405 g/mol. The predicted octanol–water partition coefficient (Wildman–Crippen LogP) is 6.11. The Morgan fingerprint density at radius 3 is 2.52 bits per heavy atom. The summed E-state index contributed by atoms with van der Waals surface area (Å²) in [6, 6.07) is 3.55. The minimum absolute atomic E-state index is 0.238. The fourth-order valence-electron chi connectivity index (χ4n) is 2.16. The van der Waals surface area contributed by atoms with E-state index in [0.717, 1.165) is 28.2 Å². The first-order valence-corrected chi connectivity index (χ1v) is 8.99. The summed E-state index contributed by atoms with van der Waals surface area (Å²) < 4.78 is 0.784. The molecular formula is C17H23BrClNO3. The van der Waals surface area contributed by atoms with Crippen LogP contribution in [0.4, 0.5) is 0 Å². The third-order valence-corrected chi connectivity index (χ3v) is 4.64. The number of halogens is 2. The highest BCUT2D eigenvalue weighted by atomic mass is 79.9. The van der Waals surface area contributed by atoms with Crippen molar-refractivity contribution < 1.29 is 15.0 Å². The van der Waals surface area contributed by atoms with Gasteiger partial charge < -0.3 is 15.2 Å². The van der Waals surface area contributed by atoms with Gasteiger partial charge in [-0.15, -0.1) is 0 Å². The molecule has 1 aromatic heterocycles. The molecule has 6 heteroatoms. The number of aromatic nitrogens is 1. The van der Waals surface area contributed by atoms with Crippen LogP contribution in [0.25, 0.3) is 10.9 Å². The summed E-state index contributed by atoms with van der Waals surface area (Å²) in [6.45, 7) is 2.18. The van der Waals surface area contributed by atoms with E-state index in [2.05, 4.69) is 27.8 Å². The van der Waals surface area contributed by atoms with Crippen LogP contribution in [0.1, 0.15) is 51.9 Å². The molecule has 2 rings (SSSR count). The summed E-state index contributed by atoms with van der Waals surface area (Å²) >= 11 is 9.13. The lowest BCUT2D eigenvalue weighted by Crippen LogP contribution is -1.93. The summed E-state index contributed by atoms with van der Waals surface area (Å²) in [6.07, 6.45) is 8.79. The van der Waals surface area contributed by atoms with E-state index in [1.807, 2.05) is 0 Å². The smallest absolute Gasteiger partial charge is 0.303 e. The standard InChI is InChI=1S/C9H18O2.C8H5BrClNO/c1-2-3-4-5-6-7-8-9(10)11;9-5-1-4-7(2-6(5)10)11-3-8(4)12/h2-8H2,1H3,(H,10,11);1-3,11-12H. The largest absolute Gasteiger partial charge is 0.506 e. The molecule has 4 nitrogen and oxygen atoms in total. The maximum atomic E-state index is 10.1. The summed E-state index contributed by atoms with van der Waals surface area (Å²) in [5.41, 5.74) is 0.834. The molecular weight excluding hydrogens is 382 g/mol. The lowest BCUT2D eigenvalue weighted by molar-refractivity contribution is -0.137. The van der Waals surface area contributed by atoms with E-state index in [4.69, 9.17) is 16.7 Å². The van der Waals surface area contributed by atoms with Crippen LogP contribution in [-0.4, -0.2) is 21.2 Å². The number of fused-ring (bicyclic) bond motifs is 1. The van der Waals surface area contributed by atoms with Crippen molar-refractivity contribution in [2.24, 2.45) is 0 Å². The molecule has 2 aromatic rings. The van der Waals surface area contributed by atoms with E-state index in [1.165, 1.54) is 31.9 Å². The molecule has 1 aromatic carbocycles. The number of aliphatic carboxylic acids is 1. The Bertz CT molecular complexity index is 628. The molecule has 0 unspecified atom stereocenters. The Balaban J connectivity index is 0.000000232. The topological polar surface area (TPSA) is 73.3 Å². The first kappa shape index (κ1) is 19.8. The molecule has 128 valence electrons. The molecule has 0 radical (unpaired) electrons. The second kappa shape index (κ2) is 10.6. The summed E-state index contributed by atoms with van der Waals surface area (Å²) in [4.78, 5) is 13.0. The Morgan fingerprint density at radius 1 is 1.22 bits per heavy atom. The zero-order valence-corrected chi connectivity index (χ0v) is 15.6. The number of carbonyl (C=O) groups is 1. The van der Waals surface area contributed by atoms with Crippen LogP contribution >= 0.6 is 27.5 Å². The number of carboxylic acid groups (broad SMARTS) is 1. The number of nitrogens with one attached hydrogen (secondary N) is 1. The maximum Gasteiger partial charge on any atom is 0.303 e. The first-order chi connectivity index (χ1) is 11.0. The van der Waals surface area contributed by atoms with Gasteiger partial charge in [-0.3, -0.25) is 4.79 Å². The van der Waals surface area contributed by atoms with Gasteiger partial charge in [-0.1, -0.05) is 50.6 Å². The van der Waals surface area contributed by atoms with Crippen molar-refractivity contribution in [3.05, 3.63) is 27.8 Å². The van der Waals surface area contributed by atoms with Crippen LogP contribution in [0, 0.1) is 0 Å². The minimum Gasteiger partial charge on any atom is -0.506 e. The van der Waals surface area contributed by atoms with E-state index in [-0.39, 0.29) is 5.75 Å². The molecule has 0 amide bonds. The van der Waals surface area contributed by atoms with Gasteiger partial charge in [0.05, 0.1) is 10.5 Å². The number of benzene rings is 1. The fraction of sp³-hybridized carbons (Fsp3) is 0.471. The molecule has 0 aliphatic carbocycles. The zero-order chi connectivity index (χ0) is 17.2. The normalized spacial score (nSPS) is 10.4. The van der Waals surface area contributed by atoms with E-state index in [1.54, 1.807) is 12.1 Å². The molecule has 0 spiro atoms. The lowest BCUT2D eigenvalue weighted by Gasteiger charge is -1.97. The van der Waals surface area contributed by atoms with Gasteiger partial charge in [-0.05, 0) is 34.5 Å². The van der Waals surface area contributed by atoms with Crippen molar-refractivity contribution >= 4 is 44.4 Å². The van der Waals surface area contributed by atoms with E-state index in [0.29, 0.717) is 11.4 Å². The number of carboxylic acids is 1. The molecule has 23 heavy (non-hydrogen) atoms. The van der Waals surface area contributed by atoms with Crippen molar-refractivity contribution in [3.63, 3.8) is 0 Å². The van der Waals surface area contributed by atoms with Crippen molar-refractivity contribution in [1.82, 2.24) is 4.98 Å². The molecule has 1 heterocycles. The van der Waals surface area contributed by atoms with Crippen molar-refractivity contribution in [1.29, 1.82) is 0 Å². The highest BCUT2D eigenvalue weighted by Gasteiger charge is 2.05. The Kier molecular flexibility index (Phi) is 9.10. The van der Waals surface area contributed by atoms with Gasteiger partial charge in [-0.2, -0.15) is 0 Å². The Hall–Kier alpha value is -1.20. The molecule has 0 saturated carbocycles. The van der Waals surface area contributed by atoms with E-state index < -0.39 is 5.97 Å². The molecule has 0 atom stereocenters. The molecule has 3 N–H and O–H groups in total. The SMILES string of the molecule is CCCCCCCCC(=O)O.Oc1c[nH]c2cc(Cl)c(Br)cc12. The molecule has 0 bridgehead atoms. The zero-order valence-electron chi connectivity index (χ0n) is 13.2. The first-order valence-electron chi connectivity index (χ1n) is 7.82. The second-order valence-electron chi connectivity index (χ2n) is 5.40. The molecule has 0 saturated heterocycles. The summed E-state index contributed by atoms with van der Waals surface area (Å²) in [5.74, 6) is -0.428. The molecule has 0 aliphatic rings. The van der Waals surface area contributed by atoms with Gasteiger partial charge in [0.1, 0.15) is 5.75 Å². The van der Waals surface area contributed by atoms with Crippen LogP contribution in [0.3, 0.4) is 0 Å². The average Bonchev–Trinajstić information content (AvgIpc) is 2.85. The van der Waals surface area contributed by atoms with Crippen LogP contribution in [0.5, 0.6) is 5.75 Å². The maximum absolute atomic E-state index is 10.1. The van der Waals surface area contributed by atoms with Gasteiger partial charge in [-0.25, -0.2) is 0 Å². The highest BCUT2D eigenvalue weighted by Crippen LogP contribution is 2.32. The van der Waals surface area contributed by atoms with Crippen LogP contribution in [-0.2, 0) is 4.79 Å². The number of hydrogen-bond donors (Lipinski definition) is 3. The van der Waals surface area contributed by atoms with Crippen molar-refractivity contribution in [2.45, 2.75) is 51.9 Å². The van der Waals surface area contributed by atoms with Gasteiger partial charge in [0.2, 0.25) is 0 Å². The summed E-state index contributed by atoms with van der Waals surface area (Å²) in [7, 11) is 0. The monoisotopic (exact) mass is 403 g/mol. The van der Waals surface area contributed by atoms with Gasteiger partial charge in [0, 0.05) is 22.5 Å². The number of unbranched alkanes of at least 4 members (excludes halogenated alkanes) is 5. The third kappa shape index (κ3) is 7.27. The van der Waals surface area contributed by atoms with Crippen LogP contribution in [0.2, 0.25) is 5.02 Å². The summed E-state index contributed by atoms with van der Waals surface area (Å²) in [5, 5.41) is 19.0.